The van der Waals surface area contributed by atoms with Gasteiger partial charge in [0.05, 0.1) is 37.5 Å². The lowest BCUT2D eigenvalue weighted by Gasteiger charge is -2.46. The van der Waals surface area contributed by atoms with Crippen molar-refractivity contribution >= 4 is 33.9 Å². The number of aryl methyl sites for hydroxylation is 1. The number of benzene rings is 1. The van der Waals surface area contributed by atoms with Gasteiger partial charge in [0.25, 0.3) is 5.91 Å². The highest BCUT2D eigenvalue weighted by molar-refractivity contribution is 5.96. The van der Waals surface area contributed by atoms with Crippen LogP contribution in [0, 0.1) is 0 Å². The number of nitrogens with zero attached hydrogens (tertiary/aromatic N) is 8. The third-order valence-corrected chi connectivity index (χ3v) is 7.69. The second-order valence-corrected chi connectivity index (χ2v) is 9.95. The molecule has 0 atom stereocenters. The Kier molecular flexibility index (Phi) is 5.94. The maximum atomic E-state index is 13.4. The van der Waals surface area contributed by atoms with E-state index in [0.29, 0.717) is 74.2 Å². The van der Waals surface area contributed by atoms with Crippen molar-refractivity contribution in [3.63, 3.8) is 0 Å². The van der Waals surface area contributed by atoms with Crippen LogP contribution in [0.4, 0.5) is 5.82 Å². The minimum atomic E-state index is -0.107. The lowest BCUT2D eigenvalue weighted by atomic mass is 10.1. The van der Waals surface area contributed by atoms with Crippen LogP contribution in [0.5, 0.6) is 0 Å². The SMILES string of the molecule is CCc1nc2ccccc2n1-c1nc(N2CCOCC2)c2nc(C(=O)N3CC(N4CCOCC4)C3)[nH]c2n1. The maximum absolute atomic E-state index is 13.4. The van der Waals surface area contributed by atoms with E-state index in [-0.39, 0.29) is 5.91 Å². The van der Waals surface area contributed by atoms with Crippen LogP contribution in [0.25, 0.3) is 28.1 Å². The molecule has 198 valence electrons. The van der Waals surface area contributed by atoms with Crippen molar-refractivity contribution in [1.82, 2.24) is 39.3 Å². The highest BCUT2D eigenvalue weighted by Crippen LogP contribution is 2.28. The first-order valence-electron chi connectivity index (χ1n) is 13.4. The van der Waals surface area contributed by atoms with E-state index < -0.39 is 0 Å². The third-order valence-electron chi connectivity index (χ3n) is 7.69. The van der Waals surface area contributed by atoms with Crippen molar-refractivity contribution in [2.45, 2.75) is 19.4 Å². The Morgan fingerprint density at radius 2 is 1.71 bits per heavy atom. The molecule has 1 N–H and O–H groups in total. The summed E-state index contributed by atoms with van der Waals surface area (Å²) in [6, 6.07) is 8.38. The van der Waals surface area contributed by atoms with Crippen LogP contribution >= 0.6 is 0 Å². The number of likely N-dealkylation sites (tertiary alicyclic amines) is 1. The number of aromatic amines is 1. The first-order valence-corrected chi connectivity index (χ1v) is 13.4. The normalized spacial score (nSPS) is 19.4. The molecule has 12 heteroatoms. The number of anilines is 1. The van der Waals surface area contributed by atoms with Gasteiger partial charge in [-0.15, -0.1) is 0 Å². The average molecular weight is 518 g/mol. The van der Waals surface area contributed by atoms with Crippen molar-refractivity contribution < 1.29 is 14.3 Å². The van der Waals surface area contributed by atoms with Gasteiger partial charge in [0, 0.05) is 51.7 Å². The summed E-state index contributed by atoms with van der Waals surface area (Å²) in [6.45, 7) is 9.43. The number of ether oxygens (including phenoxy) is 2. The lowest BCUT2D eigenvalue weighted by Crippen LogP contribution is -2.62. The summed E-state index contributed by atoms with van der Waals surface area (Å²) in [7, 11) is 0. The number of hydrogen-bond donors (Lipinski definition) is 1. The molecule has 0 radical (unpaired) electrons. The fraction of sp³-hybridized carbons (Fsp3) is 0.500. The molecule has 3 aromatic heterocycles. The zero-order chi connectivity index (χ0) is 25.6. The van der Waals surface area contributed by atoms with Crippen LogP contribution in [0.2, 0.25) is 0 Å². The van der Waals surface area contributed by atoms with E-state index in [1.54, 1.807) is 0 Å². The number of amides is 1. The van der Waals surface area contributed by atoms with Crippen LogP contribution in [0.15, 0.2) is 24.3 Å². The molecule has 0 saturated carbocycles. The first kappa shape index (κ1) is 23.5. The standard InChI is InChI=1S/C26H31N9O3/c1-2-20-27-18-5-3-4-6-19(18)35(20)26-30-22-21(24(31-26)33-9-13-38-14-10-33)28-23(29-22)25(36)34-15-17(16-34)32-7-11-37-12-8-32/h3-6,17H,2,7-16H2,1H3,(H,28,29,30,31). The maximum Gasteiger partial charge on any atom is 0.289 e. The quantitative estimate of drug-likeness (QED) is 0.417. The molecule has 3 aliphatic heterocycles. The molecule has 0 bridgehead atoms. The van der Waals surface area contributed by atoms with Gasteiger partial charge in [-0.3, -0.25) is 14.3 Å². The number of hydrogen-bond acceptors (Lipinski definition) is 9. The fourth-order valence-corrected chi connectivity index (χ4v) is 5.55. The summed E-state index contributed by atoms with van der Waals surface area (Å²) in [4.78, 5) is 42.5. The van der Waals surface area contributed by atoms with Gasteiger partial charge in [0.2, 0.25) is 5.95 Å². The number of morpholine rings is 2. The van der Waals surface area contributed by atoms with Gasteiger partial charge in [0.1, 0.15) is 5.82 Å². The van der Waals surface area contributed by atoms with Crippen molar-refractivity contribution in [2.75, 3.05) is 70.6 Å². The van der Waals surface area contributed by atoms with Crippen molar-refractivity contribution in [1.29, 1.82) is 0 Å². The second-order valence-electron chi connectivity index (χ2n) is 9.95. The van der Waals surface area contributed by atoms with E-state index >= 15 is 0 Å². The molecule has 12 nitrogen and oxygen atoms in total. The molecule has 3 aliphatic rings. The summed E-state index contributed by atoms with van der Waals surface area (Å²) < 4.78 is 13.1. The van der Waals surface area contributed by atoms with Crippen molar-refractivity contribution in [3.8, 4) is 5.95 Å². The number of H-pyrrole nitrogens is 1. The molecule has 0 unspecified atom stereocenters. The van der Waals surface area contributed by atoms with Gasteiger partial charge >= 0.3 is 0 Å². The van der Waals surface area contributed by atoms with E-state index in [1.807, 2.05) is 33.7 Å². The van der Waals surface area contributed by atoms with Gasteiger partial charge < -0.3 is 24.3 Å². The highest BCUT2D eigenvalue weighted by atomic mass is 16.5. The molecule has 0 aliphatic carbocycles. The van der Waals surface area contributed by atoms with E-state index in [0.717, 1.165) is 49.6 Å². The number of imidazole rings is 2. The Labute approximate surface area is 219 Å². The zero-order valence-corrected chi connectivity index (χ0v) is 21.5. The number of aromatic nitrogens is 6. The van der Waals surface area contributed by atoms with Crippen LogP contribution in [-0.2, 0) is 15.9 Å². The monoisotopic (exact) mass is 517 g/mol. The second kappa shape index (κ2) is 9.61. The molecular weight excluding hydrogens is 486 g/mol. The largest absolute Gasteiger partial charge is 0.379 e. The van der Waals surface area contributed by atoms with Gasteiger partial charge in [0.15, 0.2) is 22.8 Å². The summed E-state index contributed by atoms with van der Waals surface area (Å²) in [6.07, 6.45) is 0.731. The topological polar surface area (TPSA) is 118 Å². The van der Waals surface area contributed by atoms with Crippen molar-refractivity contribution in [2.24, 2.45) is 0 Å². The van der Waals surface area contributed by atoms with Gasteiger partial charge in [-0.25, -0.2) is 9.97 Å². The molecule has 1 aromatic carbocycles. The Morgan fingerprint density at radius 3 is 2.47 bits per heavy atom. The minimum Gasteiger partial charge on any atom is -0.379 e. The van der Waals surface area contributed by atoms with Crippen LogP contribution in [0.3, 0.4) is 0 Å². The minimum absolute atomic E-state index is 0.107. The molecule has 7 rings (SSSR count). The molecule has 1 amide bonds. The number of para-hydroxylation sites is 2. The summed E-state index contributed by atoms with van der Waals surface area (Å²) >= 11 is 0. The molecule has 3 saturated heterocycles. The average Bonchev–Trinajstić information content (AvgIpc) is 3.54. The molecule has 6 heterocycles. The number of carbonyl (C=O) groups excluding carboxylic acids is 1. The van der Waals surface area contributed by atoms with Gasteiger partial charge in [-0.05, 0) is 12.1 Å². The van der Waals surface area contributed by atoms with E-state index in [1.165, 1.54) is 0 Å². The third kappa shape index (κ3) is 3.99. The van der Waals surface area contributed by atoms with Crippen LogP contribution in [0.1, 0.15) is 23.4 Å². The number of carbonyl (C=O) groups is 1. The predicted octanol–water partition coefficient (Wildman–Crippen LogP) is 1.25. The Balaban J connectivity index is 1.26. The Hall–Kier alpha value is -3.61. The first-order chi connectivity index (χ1) is 18.7. The Bertz CT molecular complexity index is 1480. The molecule has 0 spiro atoms. The number of fused-ring (bicyclic) bond motifs is 2. The molecule has 38 heavy (non-hydrogen) atoms. The van der Waals surface area contributed by atoms with Crippen molar-refractivity contribution in [3.05, 3.63) is 35.9 Å². The van der Waals surface area contributed by atoms with Gasteiger partial charge in [-0.1, -0.05) is 19.1 Å². The fourth-order valence-electron chi connectivity index (χ4n) is 5.55. The number of nitrogens with one attached hydrogen (secondary N) is 1. The predicted molar refractivity (Wildman–Crippen MR) is 141 cm³/mol. The van der Waals surface area contributed by atoms with Gasteiger partial charge in [-0.2, -0.15) is 9.97 Å². The Morgan fingerprint density at radius 1 is 0.974 bits per heavy atom. The van der Waals surface area contributed by atoms with E-state index in [4.69, 9.17) is 29.4 Å². The number of rotatable bonds is 5. The highest BCUT2D eigenvalue weighted by Gasteiger charge is 2.37. The zero-order valence-electron chi connectivity index (χ0n) is 21.5. The van der Waals surface area contributed by atoms with Crippen LogP contribution < -0.4 is 4.90 Å². The lowest BCUT2D eigenvalue weighted by molar-refractivity contribution is -0.0259. The molecule has 3 fully saturated rings. The molecular formula is C26H31N9O3. The van der Waals surface area contributed by atoms with E-state index in [9.17, 15) is 4.79 Å². The summed E-state index contributed by atoms with van der Waals surface area (Å²) in [5, 5.41) is 0. The van der Waals surface area contributed by atoms with Crippen LogP contribution in [-0.4, -0.2) is 117 Å². The molecule has 4 aromatic rings. The summed E-state index contributed by atoms with van der Waals surface area (Å²) in [5.41, 5.74) is 2.99. The summed E-state index contributed by atoms with van der Waals surface area (Å²) in [5.74, 6) is 2.29. The van der Waals surface area contributed by atoms with E-state index in [2.05, 4.69) is 21.7 Å². The smallest absolute Gasteiger partial charge is 0.289 e.